The number of benzene rings is 2. The third-order valence-corrected chi connectivity index (χ3v) is 8.93. The van der Waals surface area contributed by atoms with Crippen LogP contribution in [-0.2, 0) is 27.4 Å². The number of carbonyl (C=O) groups is 3. The van der Waals surface area contributed by atoms with E-state index in [2.05, 4.69) is 49.3 Å². The Morgan fingerprint density at radius 1 is 0.717 bits per heavy atom. The zero-order chi connectivity index (χ0) is 38.5. The lowest BCUT2D eigenvalue weighted by molar-refractivity contribution is -0.136. The number of rotatable bonds is 16. The largest absolute Gasteiger partial charge is 0.453 e. The molecule has 4 N–H and O–H groups in total. The van der Waals surface area contributed by atoms with Gasteiger partial charge in [-0.1, -0.05) is 77.6 Å². The van der Waals surface area contributed by atoms with E-state index in [1.807, 2.05) is 95.1 Å². The quantitative estimate of drug-likeness (QED) is 0.104. The second kappa shape index (κ2) is 19.4. The van der Waals surface area contributed by atoms with Crippen LogP contribution in [0.5, 0.6) is 0 Å². The van der Waals surface area contributed by atoms with E-state index in [0.29, 0.717) is 25.5 Å². The molecule has 0 spiro atoms. The number of amides is 3. The maximum atomic E-state index is 13.4. The van der Waals surface area contributed by atoms with Gasteiger partial charge in [-0.15, -0.1) is 0 Å². The fourth-order valence-corrected chi connectivity index (χ4v) is 6.06. The molecular weight excluding hydrogens is 669 g/mol. The highest BCUT2D eigenvalue weighted by Gasteiger charge is 2.29. The van der Waals surface area contributed by atoms with E-state index < -0.39 is 12.1 Å². The Morgan fingerprint density at radius 3 is 1.49 bits per heavy atom. The van der Waals surface area contributed by atoms with Crippen LogP contribution in [0.3, 0.4) is 0 Å². The van der Waals surface area contributed by atoms with Gasteiger partial charge in [0.15, 0.2) is 0 Å². The van der Waals surface area contributed by atoms with Crippen molar-refractivity contribution in [2.45, 2.75) is 79.6 Å². The van der Waals surface area contributed by atoms with Crippen molar-refractivity contribution in [3.8, 4) is 34.4 Å². The van der Waals surface area contributed by atoms with Crippen LogP contribution in [-0.4, -0.2) is 87.0 Å². The number of alkyl carbamates (subject to hydrolysis) is 1. The standard InChI is InChI=1S/C41H54N8O4/c1-9-21-48(39(50)37(42-7)27(3)4)25-35-43-23-33(45-35)31-17-13-29(14-18-31)11-12-30-15-19-32(20-16-30)34-24-44-36(46-34)26-49(22-10-2)40(51)38(28(5)6)47-41(52)53-8/h13-20,23-24,27-28,37-38,42H,9-10,21-22,25-26H2,1-8H3,(H,43,45)(H,44,46)(H,47,52). The average Bonchev–Trinajstić information content (AvgIpc) is 3.83. The molecular formula is C41H54N8O4. The summed E-state index contributed by atoms with van der Waals surface area (Å²) in [5, 5.41) is 5.82. The molecule has 0 radical (unpaired) electrons. The first-order valence-corrected chi connectivity index (χ1v) is 18.4. The molecule has 53 heavy (non-hydrogen) atoms. The minimum Gasteiger partial charge on any atom is -0.453 e. The molecule has 2 atom stereocenters. The number of imidazole rings is 2. The lowest BCUT2D eigenvalue weighted by Crippen LogP contribution is -2.51. The van der Waals surface area contributed by atoms with Crippen LogP contribution in [0.15, 0.2) is 60.9 Å². The van der Waals surface area contributed by atoms with Crippen molar-refractivity contribution in [1.29, 1.82) is 0 Å². The predicted molar refractivity (Wildman–Crippen MR) is 207 cm³/mol. The summed E-state index contributed by atoms with van der Waals surface area (Å²) in [6.07, 6.45) is 4.56. The summed E-state index contributed by atoms with van der Waals surface area (Å²) in [5.74, 6) is 7.87. The number of aromatic nitrogens is 4. The lowest BCUT2D eigenvalue weighted by Gasteiger charge is -2.28. The van der Waals surface area contributed by atoms with Gasteiger partial charge in [0.05, 0.1) is 50.0 Å². The molecule has 12 nitrogen and oxygen atoms in total. The highest BCUT2D eigenvalue weighted by molar-refractivity contribution is 5.86. The number of methoxy groups -OCH3 is 1. The highest BCUT2D eigenvalue weighted by Crippen LogP contribution is 2.21. The van der Waals surface area contributed by atoms with Crippen LogP contribution in [0.2, 0.25) is 0 Å². The van der Waals surface area contributed by atoms with Gasteiger partial charge in [0, 0.05) is 24.2 Å². The minimum atomic E-state index is -0.702. The van der Waals surface area contributed by atoms with E-state index in [4.69, 9.17) is 4.74 Å². The molecule has 2 heterocycles. The smallest absolute Gasteiger partial charge is 0.407 e. The van der Waals surface area contributed by atoms with Gasteiger partial charge in [-0.25, -0.2) is 14.8 Å². The minimum absolute atomic E-state index is 0.0858. The van der Waals surface area contributed by atoms with Crippen molar-refractivity contribution in [3.05, 3.63) is 83.7 Å². The molecule has 3 amide bonds. The molecule has 2 aromatic heterocycles. The first kappa shape index (κ1) is 40.4. The van der Waals surface area contributed by atoms with Crippen molar-refractivity contribution in [3.63, 3.8) is 0 Å². The van der Waals surface area contributed by atoms with Crippen molar-refractivity contribution in [2.75, 3.05) is 27.2 Å². The number of carbonyl (C=O) groups excluding carboxylic acids is 3. The van der Waals surface area contributed by atoms with Crippen molar-refractivity contribution < 1.29 is 19.1 Å². The normalized spacial score (nSPS) is 12.2. The van der Waals surface area contributed by atoms with Gasteiger partial charge >= 0.3 is 6.09 Å². The Kier molecular flexibility index (Phi) is 14.8. The van der Waals surface area contributed by atoms with Crippen molar-refractivity contribution >= 4 is 17.9 Å². The van der Waals surface area contributed by atoms with Gasteiger partial charge in [0.1, 0.15) is 17.7 Å². The zero-order valence-electron chi connectivity index (χ0n) is 32.2. The van der Waals surface area contributed by atoms with E-state index in [9.17, 15) is 14.4 Å². The fraction of sp³-hybridized carbons (Fsp3) is 0.439. The Labute approximate surface area is 313 Å². The van der Waals surface area contributed by atoms with Crippen LogP contribution in [0, 0.1) is 23.7 Å². The average molecular weight is 723 g/mol. The molecule has 0 aliphatic carbocycles. The molecule has 0 fully saturated rings. The SMILES string of the molecule is CCCN(Cc1ncc(-c2ccc(C#Cc3ccc(-c4cnc(CN(CCC)C(=O)C(NC(=O)OC)C(C)C)[nH]4)cc3)cc2)[nH]1)C(=O)C(NC)C(C)C. The van der Waals surface area contributed by atoms with Crippen molar-refractivity contribution in [1.82, 2.24) is 40.4 Å². The molecule has 0 aliphatic heterocycles. The molecule has 4 aromatic rings. The van der Waals surface area contributed by atoms with E-state index in [1.165, 1.54) is 7.11 Å². The lowest BCUT2D eigenvalue weighted by atomic mass is 10.0. The maximum Gasteiger partial charge on any atom is 0.407 e. The molecule has 0 aliphatic rings. The molecule has 0 saturated heterocycles. The van der Waals surface area contributed by atoms with Gasteiger partial charge in [-0.05, 0) is 67.1 Å². The topological polar surface area (TPSA) is 148 Å². The Morgan fingerprint density at radius 2 is 1.13 bits per heavy atom. The molecule has 0 bridgehead atoms. The Balaban J connectivity index is 1.38. The second-order valence-electron chi connectivity index (χ2n) is 13.8. The summed E-state index contributed by atoms with van der Waals surface area (Å²) in [5.41, 5.74) is 5.40. The molecule has 4 rings (SSSR count). The van der Waals surface area contributed by atoms with Crippen LogP contribution >= 0.6 is 0 Å². The number of hydrogen-bond acceptors (Lipinski definition) is 7. The van der Waals surface area contributed by atoms with E-state index in [1.54, 1.807) is 17.3 Å². The summed E-state index contributed by atoms with van der Waals surface area (Å²) in [7, 11) is 3.11. The van der Waals surface area contributed by atoms with Gasteiger partial charge in [0.25, 0.3) is 0 Å². The predicted octanol–water partition coefficient (Wildman–Crippen LogP) is 5.97. The molecule has 2 unspecified atom stereocenters. The van der Waals surface area contributed by atoms with Crippen molar-refractivity contribution in [2.24, 2.45) is 11.8 Å². The summed E-state index contributed by atoms with van der Waals surface area (Å²) >= 11 is 0. The number of nitrogens with zero attached hydrogens (tertiary/aromatic N) is 4. The van der Waals surface area contributed by atoms with Crippen LogP contribution < -0.4 is 10.6 Å². The number of likely N-dealkylation sites (N-methyl/N-ethyl adjacent to an activating group) is 1. The third kappa shape index (κ3) is 11.0. The summed E-state index contributed by atoms with van der Waals surface area (Å²) in [4.78, 5) is 57.9. The first-order valence-electron chi connectivity index (χ1n) is 18.4. The monoisotopic (exact) mass is 722 g/mol. The number of nitrogens with one attached hydrogen (secondary N) is 4. The van der Waals surface area contributed by atoms with Gasteiger partial charge in [0.2, 0.25) is 11.8 Å². The molecule has 282 valence electrons. The number of H-pyrrole nitrogens is 2. The van der Waals surface area contributed by atoms with Crippen LogP contribution in [0.4, 0.5) is 4.79 Å². The van der Waals surface area contributed by atoms with E-state index in [0.717, 1.165) is 52.3 Å². The number of aromatic amines is 2. The summed E-state index contributed by atoms with van der Waals surface area (Å²) in [6.45, 7) is 13.8. The summed E-state index contributed by atoms with van der Waals surface area (Å²) < 4.78 is 4.73. The number of hydrogen-bond donors (Lipinski definition) is 4. The second-order valence-corrected chi connectivity index (χ2v) is 13.8. The first-order chi connectivity index (χ1) is 25.5. The molecule has 12 heteroatoms. The molecule has 0 saturated carbocycles. The van der Waals surface area contributed by atoms with Gasteiger partial charge in [-0.2, -0.15) is 0 Å². The van der Waals surface area contributed by atoms with Gasteiger partial charge < -0.3 is 35.1 Å². The third-order valence-electron chi connectivity index (χ3n) is 8.93. The highest BCUT2D eigenvalue weighted by atomic mass is 16.5. The van der Waals surface area contributed by atoms with Gasteiger partial charge in [-0.3, -0.25) is 9.59 Å². The maximum absolute atomic E-state index is 13.4. The summed E-state index contributed by atoms with van der Waals surface area (Å²) in [6, 6.07) is 15.0. The molecule has 2 aromatic carbocycles. The number of ether oxygens (including phenoxy) is 1. The van der Waals surface area contributed by atoms with Crippen LogP contribution in [0.25, 0.3) is 22.5 Å². The van der Waals surface area contributed by atoms with Crippen LogP contribution in [0.1, 0.15) is 77.2 Å². The zero-order valence-corrected chi connectivity index (χ0v) is 32.2. The fourth-order valence-electron chi connectivity index (χ4n) is 6.06. The Bertz CT molecular complexity index is 1850. The van der Waals surface area contributed by atoms with E-state index >= 15 is 0 Å². The Hall–Kier alpha value is -5.41. The van der Waals surface area contributed by atoms with E-state index in [-0.39, 0.29) is 36.2 Å².